The molecule has 1 nitrogen and oxygen atoms in total. The van der Waals surface area contributed by atoms with Crippen LogP contribution in [0, 0.1) is 13.8 Å². The SMILES string of the molecule is CCCNC(Cc1cc(C)cc(C)c1)c1ccc(Br)s1. The molecular weight excluding hydrogens is 330 g/mol. The molecule has 0 saturated heterocycles. The van der Waals surface area contributed by atoms with Crippen molar-refractivity contribution in [2.75, 3.05) is 6.54 Å². The third-order valence-corrected chi connectivity index (χ3v) is 5.04. The zero-order valence-electron chi connectivity index (χ0n) is 12.4. The summed E-state index contributed by atoms with van der Waals surface area (Å²) in [5.41, 5.74) is 4.11. The summed E-state index contributed by atoms with van der Waals surface area (Å²) >= 11 is 5.40. The molecule has 1 atom stereocenters. The van der Waals surface area contributed by atoms with Crippen molar-refractivity contribution in [3.05, 3.63) is 55.7 Å². The van der Waals surface area contributed by atoms with Gasteiger partial charge in [0.05, 0.1) is 3.79 Å². The van der Waals surface area contributed by atoms with E-state index in [1.54, 1.807) is 0 Å². The first kappa shape index (κ1) is 15.7. The van der Waals surface area contributed by atoms with Gasteiger partial charge >= 0.3 is 0 Å². The standard InChI is InChI=1S/C17H22BrNS/c1-4-7-19-15(16-5-6-17(18)20-16)11-14-9-12(2)8-13(3)10-14/h5-6,8-10,15,19H,4,7,11H2,1-3H3. The van der Waals surface area contributed by atoms with E-state index in [2.05, 4.69) is 72.3 Å². The zero-order chi connectivity index (χ0) is 14.5. The molecule has 0 aliphatic heterocycles. The number of hydrogen-bond donors (Lipinski definition) is 1. The highest BCUT2D eigenvalue weighted by molar-refractivity contribution is 9.11. The highest BCUT2D eigenvalue weighted by atomic mass is 79.9. The number of hydrogen-bond acceptors (Lipinski definition) is 2. The minimum atomic E-state index is 0.410. The molecule has 0 spiro atoms. The lowest BCUT2D eigenvalue weighted by Gasteiger charge is -2.18. The van der Waals surface area contributed by atoms with Gasteiger partial charge in [-0.1, -0.05) is 36.2 Å². The molecule has 0 fully saturated rings. The number of rotatable bonds is 6. The van der Waals surface area contributed by atoms with Gasteiger partial charge in [-0.05, 0) is 66.9 Å². The van der Waals surface area contributed by atoms with Crippen LogP contribution >= 0.6 is 27.3 Å². The molecule has 1 heterocycles. The predicted octanol–water partition coefficient (Wildman–Crippen LogP) is 5.41. The van der Waals surface area contributed by atoms with Gasteiger partial charge in [0.25, 0.3) is 0 Å². The Morgan fingerprint density at radius 3 is 2.40 bits per heavy atom. The van der Waals surface area contributed by atoms with Crippen LogP contribution in [0.4, 0.5) is 0 Å². The number of halogens is 1. The summed E-state index contributed by atoms with van der Waals surface area (Å²) in [6.07, 6.45) is 2.21. The van der Waals surface area contributed by atoms with Gasteiger partial charge in [0, 0.05) is 10.9 Å². The fraction of sp³-hybridized carbons (Fsp3) is 0.412. The Morgan fingerprint density at radius 1 is 1.15 bits per heavy atom. The van der Waals surface area contributed by atoms with Crippen LogP contribution in [0.2, 0.25) is 0 Å². The summed E-state index contributed by atoms with van der Waals surface area (Å²) in [4.78, 5) is 1.41. The zero-order valence-corrected chi connectivity index (χ0v) is 14.8. The third kappa shape index (κ3) is 4.44. The smallest absolute Gasteiger partial charge is 0.0701 e. The van der Waals surface area contributed by atoms with Crippen LogP contribution in [0.15, 0.2) is 34.1 Å². The molecule has 0 aliphatic carbocycles. The molecule has 20 heavy (non-hydrogen) atoms. The van der Waals surface area contributed by atoms with Gasteiger partial charge in [-0.2, -0.15) is 0 Å². The van der Waals surface area contributed by atoms with Crippen molar-refractivity contribution in [3.8, 4) is 0 Å². The topological polar surface area (TPSA) is 12.0 Å². The summed E-state index contributed by atoms with van der Waals surface area (Å²) in [5, 5.41) is 3.68. The fourth-order valence-corrected chi connectivity index (χ4v) is 4.03. The lowest BCUT2D eigenvalue weighted by atomic mass is 10.0. The lowest BCUT2D eigenvalue weighted by molar-refractivity contribution is 0.536. The van der Waals surface area contributed by atoms with Crippen LogP contribution in [0.5, 0.6) is 0 Å². The van der Waals surface area contributed by atoms with Crippen molar-refractivity contribution in [2.24, 2.45) is 0 Å². The third-order valence-electron chi connectivity index (χ3n) is 3.30. The van der Waals surface area contributed by atoms with E-state index in [0.29, 0.717) is 6.04 Å². The van der Waals surface area contributed by atoms with Gasteiger partial charge in [0.2, 0.25) is 0 Å². The Morgan fingerprint density at radius 2 is 1.85 bits per heavy atom. The van der Waals surface area contributed by atoms with Gasteiger partial charge < -0.3 is 5.32 Å². The molecule has 108 valence electrons. The van der Waals surface area contributed by atoms with E-state index in [4.69, 9.17) is 0 Å². The average Bonchev–Trinajstić information content (AvgIpc) is 2.80. The van der Waals surface area contributed by atoms with Crippen molar-refractivity contribution in [1.82, 2.24) is 5.32 Å². The maximum atomic E-state index is 3.68. The normalized spacial score (nSPS) is 12.6. The quantitative estimate of drug-likeness (QED) is 0.733. The molecule has 1 aromatic heterocycles. The number of benzene rings is 1. The van der Waals surface area contributed by atoms with Crippen molar-refractivity contribution in [1.29, 1.82) is 0 Å². The van der Waals surface area contributed by atoms with E-state index in [9.17, 15) is 0 Å². The van der Waals surface area contributed by atoms with E-state index in [0.717, 1.165) is 19.4 Å². The second-order valence-electron chi connectivity index (χ2n) is 5.35. The second-order valence-corrected chi connectivity index (χ2v) is 7.84. The van der Waals surface area contributed by atoms with E-state index >= 15 is 0 Å². The predicted molar refractivity (Wildman–Crippen MR) is 92.7 cm³/mol. The van der Waals surface area contributed by atoms with E-state index in [1.165, 1.54) is 25.4 Å². The van der Waals surface area contributed by atoms with Crippen molar-refractivity contribution in [3.63, 3.8) is 0 Å². The Balaban J connectivity index is 2.18. The Labute approximate surface area is 134 Å². The van der Waals surface area contributed by atoms with E-state index < -0.39 is 0 Å². The number of aryl methyl sites for hydroxylation is 2. The van der Waals surface area contributed by atoms with Gasteiger partial charge in [-0.15, -0.1) is 11.3 Å². The first-order valence-corrected chi connectivity index (χ1v) is 8.75. The lowest BCUT2D eigenvalue weighted by Crippen LogP contribution is -2.23. The van der Waals surface area contributed by atoms with Crippen LogP contribution in [0.25, 0.3) is 0 Å². The Kier molecular flexibility index (Phi) is 5.82. The van der Waals surface area contributed by atoms with Gasteiger partial charge in [-0.3, -0.25) is 0 Å². The summed E-state index contributed by atoms with van der Waals surface area (Å²) in [6, 6.07) is 11.6. The first-order valence-electron chi connectivity index (χ1n) is 7.14. The van der Waals surface area contributed by atoms with Crippen molar-refractivity contribution in [2.45, 2.75) is 39.7 Å². The van der Waals surface area contributed by atoms with Crippen LogP contribution in [-0.2, 0) is 6.42 Å². The molecule has 0 aliphatic rings. The summed E-state index contributed by atoms with van der Waals surface area (Å²) < 4.78 is 1.20. The van der Waals surface area contributed by atoms with Crippen LogP contribution in [0.1, 0.15) is 41.0 Å². The molecule has 1 unspecified atom stereocenters. The molecule has 0 saturated carbocycles. The first-order chi connectivity index (χ1) is 9.58. The maximum Gasteiger partial charge on any atom is 0.0701 e. The molecule has 1 aromatic carbocycles. The summed E-state index contributed by atoms with van der Waals surface area (Å²) in [7, 11) is 0. The molecule has 0 amide bonds. The maximum absolute atomic E-state index is 3.68. The van der Waals surface area contributed by atoms with Crippen LogP contribution in [0.3, 0.4) is 0 Å². The van der Waals surface area contributed by atoms with Crippen LogP contribution < -0.4 is 5.32 Å². The highest BCUT2D eigenvalue weighted by Crippen LogP contribution is 2.29. The average molecular weight is 352 g/mol. The molecular formula is C17H22BrNS. The molecule has 2 aromatic rings. The minimum absolute atomic E-state index is 0.410. The monoisotopic (exact) mass is 351 g/mol. The summed E-state index contributed by atoms with van der Waals surface area (Å²) in [6.45, 7) is 7.62. The van der Waals surface area contributed by atoms with Gasteiger partial charge in [0.15, 0.2) is 0 Å². The molecule has 3 heteroatoms. The molecule has 2 rings (SSSR count). The van der Waals surface area contributed by atoms with Gasteiger partial charge in [-0.25, -0.2) is 0 Å². The Bertz CT molecular complexity index is 542. The van der Waals surface area contributed by atoms with E-state index in [-0.39, 0.29) is 0 Å². The molecule has 0 radical (unpaired) electrons. The second kappa shape index (κ2) is 7.39. The number of nitrogens with one attached hydrogen (secondary N) is 1. The largest absolute Gasteiger partial charge is 0.309 e. The summed E-state index contributed by atoms with van der Waals surface area (Å²) in [5.74, 6) is 0. The van der Waals surface area contributed by atoms with Gasteiger partial charge in [0.1, 0.15) is 0 Å². The minimum Gasteiger partial charge on any atom is -0.309 e. The highest BCUT2D eigenvalue weighted by Gasteiger charge is 2.14. The Hall–Kier alpha value is -0.640. The van der Waals surface area contributed by atoms with Crippen molar-refractivity contribution < 1.29 is 0 Å². The van der Waals surface area contributed by atoms with Crippen molar-refractivity contribution >= 4 is 27.3 Å². The molecule has 1 N–H and O–H groups in total. The number of thiophene rings is 1. The molecule has 0 bridgehead atoms. The fourth-order valence-electron chi connectivity index (χ4n) is 2.53. The van der Waals surface area contributed by atoms with Crippen LogP contribution in [-0.4, -0.2) is 6.54 Å². The van der Waals surface area contributed by atoms with E-state index in [1.807, 2.05) is 11.3 Å².